The van der Waals surface area contributed by atoms with Gasteiger partial charge < -0.3 is 4.90 Å². The number of carbonyl (C=O) groups is 1. The van der Waals surface area contributed by atoms with E-state index in [0.29, 0.717) is 25.7 Å². The molecule has 1 aliphatic carbocycles. The maximum absolute atomic E-state index is 12.5. The molecule has 1 spiro atoms. The number of hydrogen-bond acceptors (Lipinski definition) is 1. The van der Waals surface area contributed by atoms with Gasteiger partial charge in [-0.1, -0.05) is 0 Å². The largest absolute Gasteiger partial charge is 0.471 e. The van der Waals surface area contributed by atoms with Crippen molar-refractivity contribution in [2.75, 3.05) is 13.2 Å². The Hall–Kier alpha value is -0.810. The minimum atomic E-state index is -4.84. The van der Waals surface area contributed by atoms with Crippen LogP contribution in [0.1, 0.15) is 25.7 Å². The molecule has 0 bridgehead atoms. The van der Waals surface area contributed by atoms with E-state index in [9.17, 15) is 22.4 Å². The maximum atomic E-state index is 12.5. The predicted molar refractivity (Wildman–Crippen MR) is 48.4 cm³/mol. The fourth-order valence-corrected chi connectivity index (χ4v) is 2.39. The summed E-state index contributed by atoms with van der Waals surface area (Å²) in [6, 6.07) is 0. The van der Waals surface area contributed by atoms with E-state index in [0.717, 1.165) is 4.90 Å². The van der Waals surface area contributed by atoms with Crippen LogP contribution >= 0.6 is 0 Å². The summed E-state index contributed by atoms with van der Waals surface area (Å²) in [5.74, 6) is -2.24. The zero-order valence-electron chi connectivity index (χ0n) is 8.69. The SMILES string of the molecule is O=C(N1C[C@H](CF)CCC12CC2)C(F)(F)F. The molecule has 1 heterocycles. The monoisotopic (exact) mass is 239 g/mol. The van der Waals surface area contributed by atoms with Gasteiger partial charge in [0, 0.05) is 18.0 Å². The molecule has 6 heteroatoms. The van der Waals surface area contributed by atoms with Crippen LogP contribution in [0.5, 0.6) is 0 Å². The molecule has 1 saturated carbocycles. The van der Waals surface area contributed by atoms with Crippen molar-refractivity contribution in [2.45, 2.75) is 37.4 Å². The van der Waals surface area contributed by atoms with Crippen molar-refractivity contribution in [3.05, 3.63) is 0 Å². The van der Waals surface area contributed by atoms with Crippen LogP contribution in [0, 0.1) is 5.92 Å². The first-order valence-corrected chi connectivity index (χ1v) is 5.34. The van der Waals surface area contributed by atoms with E-state index in [2.05, 4.69) is 0 Å². The average Bonchev–Trinajstić information content (AvgIpc) is 2.97. The van der Waals surface area contributed by atoms with Crippen molar-refractivity contribution in [2.24, 2.45) is 5.92 Å². The van der Waals surface area contributed by atoms with Crippen molar-refractivity contribution >= 4 is 5.91 Å². The number of rotatable bonds is 1. The standard InChI is InChI=1S/C10H13F4NO/c11-5-7-1-2-9(3-4-9)15(6-7)8(16)10(12,13)14/h7H,1-6H2/t7-/m0/s1. The Morgan fingerprint density at radius 2 is 1.94 bits per heavy atom. The molecule has 1 saturated heterocycles. The third-order valence-electron chi connectivity index (χ3n) is 3.56. The molecule has 0 N–H and O–H groups in total. The van der Waals surface area contributed by atoms with E-state index in [1.54, 1.807) is 0 Å². The summed E-state index contributed by atoms with van der Waals surface area (Å²) in [4.78, 5) is 12.1. The highest BCUT2D eigenvalue weighted by Crippen LogP contribution is 2.50. The van der Waals surface area contributed by atoms with Gasteiger partial charge in [0.15, 0.2) is 0 Å². The number of halogens is 4. The highest BCUT2D eigenvalue weighted by Gasteiger charge is 2.57. The Labute approximate surface area is 90.6 Å². The lowest BCUT2D eigenvalue weighted by atomic mass is 9.91. The number of nitrogens with zero attached hydrogens (tertiary/aromatic N) is 1. The molecule has 92 valence electrons. The number of amides is 1. The number of hydrogen-bond donors (Lipinski definition) is 0. The first-order valence-electron chi connectivity index (χ1n) is 5.34. The Balaban J connectivity index is 2.13. The van der Waals surface area contributed by atoms with Crippen molar-refractivity contribution in [1.29, 1.82) is 0 Å². The van der Waals surface area contributed by atoms with E-state index in [1.807, 2.05) is 0 Å². The normalized spacial score (nSPS) is 28.2. The Morgan fingerprint density at radius 1 is 1.31 bits per heavy atom. The molecule has 2 aliphatic rings. The second-order valence-corrected chi connectivity index (χ2v) is 4.70. The van der Waals surface area contributed by atoms with E-state index >= 15 is 0 Å². The summed E-state index contributed by atoms with van der Waals surface area (Å²) in [6.07, 6.45) is -2.52. The van der Waals surface area contributed by atoms with E-state index < -0.39 is 30.2 Å². The number of likely N-dealkylation sites (tertiary alicyclic amines) is 1. The van der Waals surface area contributed by atoms with E-state index in [4.69, 9.17) is 0 Å². The molecule has 1 atom stereocenters. The summed E-state index contributed by atoms with van der Waals surface area (Å²) < 4.78 is 49.5. The number of alkyl halides is 4. The quantitative estimate of drug-likeness (QED) is 0.643. The van der Waals surface area contributed by atoms with Crippen molar-refractivity contribution < 1.29 is 22.4 Å². The third-order valence-corrected chi connectivity index (χ3v) is 3.56. The lowest BCUT2D eigenvalue weighted by Gasteiger charge is -2.39. The van der Waals surface area contributed by atoms with Gasteiger partial charge in [-0.15, -0.1) is 0 Å². The van der Waals surface area contributed by atoms with Crippen LogP contribution in [0.3, 0.4) is 0 Å². The van der Waals surface area contributed by atoms with Gasteiger partial charge in [0.2, 0.25) is 0 Å². The Morgan fingerprint density at radius 3 is 2.38 bits per heavy atom. The van der Waals surface area contributed by atoms with Crippen LogP contribution < -0.4 is 0 Å². The van der Waals surface area contributed by atoms with Gasteiger partial charge in [0.25, 0.3) is 0 Å². The summed E-state index contributed by atoms with van der Waals surface area (Å²) >= 11 is 0. The van der Waals surface area contributed by atoms with Crippen LogP contribution in [0.4, 0.5) is 17.6 Å². The molecule has 0 aromatic rings. The van der Waals surface area contributed by atoms with Gasteiger partial charge in [-0.25, -0.2) is 0 Å². The van der Waals surface area contributed by atoms with Crippen molar-refractivity contribution in [3.8, 4) is 0 Å². The lowest BCUT2D eigenvalue weighted by Crippen LogP contribution is -2.53. The lowest BCUT2D eigenvalue weighted by molar-refractivity contribution is -0.191. The zero-order chi connectivity index (χ0) is 12.0. The predicted octanol–water partition coefficient (Wildman–Crippen LogP) is 2.29. The van der Waals surface area contributed by atoms with Crippen LogP contribution in [0.15, 0.2) is 0 Å². The van der Waals surface area contributed by atoms with Crippen molar-refractivity contribution in [3.63, 3.8) is 0 Å². The highest BCUT2D eigenvalue weighted by molar-refractivity contribution is 5.83. The van der Waals surface area contributed by atoms with Gasteiger partial charge in [0.05, 0.1) is 6.67 Å². The highest BCUT2D eigenvalue weighted by atomic mass is 19.4. The summed E-state index contributed by atoms with van der Waals surface area (Å²) in [6.45, 7) is -0.743. The van der Waals surface area contributed by atoms with Gasteiger partial charge in [-0.3, -0.25) is 9.18 Å². The van der Waals surface area contributed by atoms with Gasteiger partial charge in [0.1, 0.15) is 0 Å². The molecule has 2 fully saturated rings. The molecule has 1 amide bonds. The van der Waals surface area contributed by atoms with Gasteiger partial charge in [-0.2, -0.15) is 13.2 Å². The van der Waals surface area contributed by atoms with Crippen LogP contribution in [-0.4, -0.2) is 35.7 Å². The first-order chi connectivity index (χ1) is 7.39. The van der Waals surface area contributed by atoms with E-state index in [-0.39, 0.29) is 6.54 Å². The smallest absolute Gasteiger partial charge is 0.329 e. The molecule has 0 aromatic carbocycles. The van der Waals surface area contributed by atoms with Crippen LogP contribution in [0.2, 0.25) is 0 Å². The molecular weight excluding hydrogens is 226 g/mol. The molecule has 16 heavy (non-hydrogen) atoms. The molecule has 0 aromatic heterocycles. The van der Waals surface area contributed by atoms with E-state index in [1.165, 1.54) is 0 Å². The summed E-state index contributed by atoms with van der Waals surface area (Å²) in [5.41, 5.74) is -0.599. The fraction of sp³-hybridized carbons (Fsp3) is 0.900. The number of piperidine rings is 1. The average molecular weight is 239 g/mol. The second kappa shape index (κ2) is 3.60. The van der Waals surface area contributed by atoms with Gasteiger partial charge >= 0.3 is 12.1 Å². The summed E-state index contributed by atoms with van der Waals surface area (Å²) in [5, 5.41) is 0. The van der Waals surface area contributed by atoms with Crippen LogP contribution in [0.25, 0.3) is 0 Å². The molecule has 2 rings (SSSR count). The Kier molecular flexibility index (Phi) is 2.62. The second-order valence-electron chi connectivity index (χ2n) is 4.70. The first kappa shape index (κ1) is 11.7. The zero-order valence-corrected chi connectivity index (χ0v) is 8.69. The minimum Gasteiger partial charge on any atom is -0.329 e. The fourth-order valence-electron chi connectivity index (χ4n) is 2.39. The molecule has 0 radical (unpaired) electrons. The third kappa shape index (κ3) is 1.89. The summed E-state index contributed by atoms with van der Waals surface area (Å²) in [7, 11) is 0. The molecule has 0 unspecified atom stereocenters. The Bertz CT molecular complexity index is 298. The van der Waals surface area contributed by atoms with Crippen molar-refractivity contribution in [1.82, 2.24) is 4.90 Å². The minimum absolute atomic E-state index is 0.0884. The molecule has 1 aliphatic heterocycles. The van der Waals surface area contributed by atoms with Gasteiger partial charge in [-0.05, 0) is 25.7 Å². The maximum Gasteiger partial charge on any atom is 0.471 e. The molecule has 2 nitrogen and oxygen atoms in total. The number of carbonyl (C=O) groups excluding carboxylic acids is 1. The van der Waals surface area contributed by atoms with Crippen LogP contribution in [-0.2, 0) is 4.79 Å². The molecular formula is C10H13F4NO. The topological polar surface area (TPSA) is 20.3 Å².